The van der Waals surface area contributed by atoms with Crippen molar-refractivity contribution in [1.29, 1.82) is 0 Å². The molecule has 0 unspecified atom stereocenters. The summed E-state index contributed by atoms with van der Waals surface area (Å²) in [4.78, 5) is 4.03. The second kappa shape index (κ2) is 11.0. The van der Waals surface area contributed by atoms with Gasteiger partial charge < -0.3 is 0 Å². The Morgan fingerprint density at radius 3 is 2.05 bits per heavy atom. The molecule has 5 nitrogen and oxygen atoms in total. The fourth-order valence-corrected chi connectivity index (χ4v) is 4.58. The van der Waals surface area contributed by atoms with Gasteiger partial charge >= 0.3 is 129 Å². The van der Waals surface area contributed by atoms with Crippen molar-refractivity contribution in [3.8, 4) is 0 Å². The van der Waals surface area contributed by atoms with Crippen LogP contribution in [0.25, 0.3) is 0 Å². The van der Waals surface area contributed by atoms with Crippen LogP contribution in [-0.2, 0) is 9.05 Å². The predicted octanol–water partition coefficient (Wildman–Crippen LogP) is 4.24. The first-order valence-corrected chi connectivity index (χ1v) is 10.1. The molecule has 0 aliphatic rings. The van der Waals surface area contributed by atoms with E-state index in [1.807, 2.05) is 0 Å². The van der Waals surface area contributed by atoms with Crippen molar-refractivity contribution in [2.24, 2.45) is 0 Å². The molecule has 0 atom stereocenters. The van der Waals surface area contributed by atoms with Gasteiger partial charge in [-0.05, 0) is 0 Å². The third-order valence-corrected chi connectivity index (χ3v) is 5.94. The molecule has 0 aromatic carbocycles. The molecule has 0 N–H and O–H groups in total. The van der Waals surface area contributed by atoms with Crippen LogP contribution in [0.5, 0.6) is 0 Å². The van der Waals surface area contributed by atoms with Crippen LogP contribution in [0.2, 0.25) is 0 Å². The van der Waals surface area contributed by atoms with Crippen LogP contribution in [0, 0.1) is 0 Å². The fraction of sp³-hybridized carbons (Fsp3) is 0.800. The molecule has 21 heavy (non-hydrogen) atoms. The molecule has 1 heterocycles. The van der Waals surface area contributed by atoms with Gasteiger partial charge in [-0.1, -0.05) is 0 Å². The molecule has 1 aromatic rings. The van der Waals surface area contributed by atoms with Gasteiger partial charge in [0, 0.05) is 0 Å². The van der Waals surface area contributed by atoms with Crippen molar-refractivity contribution in [1.82, 2.24) is 9.71 Å². The van der Waals surface area contributed by atoms with E-state index in [0.29, 0.717) is 13.2 Å². The molecular formula is C15H31N2O3P. The topological polar surface area (TPSA) is 45.5 Å². The normalized spacial score (nSPS) is 12.5. The Kier molecular flexibility index (Phi) is 9.64. The van der Waals surface area contributed by atoms with Crippen molar-refractivity contribution < 1.29 is 13.7 Å². The summed E-state index contributed by atoms with van der Waals surface area (Å²) in [6, 6.07) is 0. The summed E-state index contributed by atoms with van der Waals surface area (Å²) in [7, 11) is -2.67. The second-order valence-corrected chi connectivity index (χ2v) is 7.83. The van der Waals surface area contributed by atoms with Gasteiger partial charge in [0.2, 0.25) is 0 Å². The number of rotatable bonds is 13. The van der Waals surface area contributed by atoms with Crippen LogP contribution in [0.1, 0.15) is 59.3 Å². The fourth-order valence-electron chi connectivity index (χ4n) is 1.88. The number of hydrogen-bond acceptors (Lipinski definition) is 4. The van der Waals surface area contributed by atoms with Gasteiger partial charge in [0.05, 0.1) is 0 Å². The molecular weight excluding hydrogens is 287 g/mol. The van der Waals surface area contributed by atoms with E-state index in [-0.39, 0.29) is 0 Å². The number of hydrogen-bond donors (Lipinski definition) is 0. The molecule has 0 saturated carbocycles. The molecule has 0 aliphatic heterocycles. The average Bonchev–Trinajstić information content (AvgIpc) is 2.98. The third-order valence-electron chi connectivity index (χ3n) is 3.20. The quantitative estimate of drug-likeness (QED) is 0.403. The molecule has 124 valence electrons. The van der Waals surface area contributed by atoms with E-state index in [1.54, 1.807) is 23.5 Å². The number of aromatic nitrogens is 2. The first-order chi connectivity index (χ1) is 10.3. The van der Waals surface area contributed by atoms with Crippen molar-refractivity contribution in [3.05, 3.63) is 18.7 Å². The van der Waals surface area contributed by atoms with Gasteiger partial charge in [0.1, 0.15) is 0 Å². The van der Waals surface area contributed by atoms with Gasteiger partial charge in [-0.3, -0.25) is 0 Å². The average molecular weight is 318 g/mol. The number of nitrogens with zero attached hydrogens (tertiary/aromatic N) is 2. The Bertz CT molecular complexity index is 337. The maximum absolute atomic E-state index is 6.14. The Balaban J connectivity index is 2.72. The van der Waals surface area contributed by atoms with Crippen molar-refractivity contribution in [3.63, 3.8) is 0 Å². The Labute approximate surface area is 129 Å². The molecule has 0 radical (unpaired) electrons. The molecule has 0 spiro atoms. The first-order valence-electron chi connectivity index (χ1n) is 8.21. The minimum atomic E-state index is -2.67. The van der Waals surface area contributed by atoms with Crippen molar-refractivity contribution >= 4 is 7.94 Å². The van der Waals surface area contributed by atoms with E-state index >= 15 is 0 Å². The molecule has 1 rings (SSSR count). The van der Waals surface area contributed by atoms with Gasteiger partial charge in [-0.25, -0.2) is 0 Å². The van der Waals surface area contributed by atoms with Gasteiger partial charge in [-0.15, -0.1) is 0 Å². The number of imidazole rings is 1. The van der Waals surface area contributed by atoms with Crippen LogP contribution in [-0.4, -0.2) is 29.1 Å². The summed E-state index contributed by atoms with van der Waals surface area (Å²) >= 11 is 0. The van der Waals surface area contributed by atoms with E-state index in [9.17, 15) is 0 Å². The molecule has 0 saturated heterocycles. The maximum atomic E-state index is 6.14. The van der Waals surface area contributed by atoms with Crippen LogP contribution >= 0.6 is 7.94 Å². The summed E-state index contributed by atoms with van der Waals surface area (Å²) in [5, 5.41) is 0. The van der Waals surface area contributed by atoms with Crippen LogP contribution in [0.3, 0.4) is 0 Å². The monoisotopic (exact) mass is 318 g/mol. The summed E-state index contributed by atoms with van der Waals surface area (Å²) < 4.78 is 20.0. The predicted molar refractivity (Wildman–Crippen MR) is 88.6 cm³/mol. The zero-order valence-corrected chi connectivity index (χ0v) is 14.7. The van der Waals surface area contributed by atoms with Gasteiger partial charge in [0.15, 0.2) is 0 Å². The van der Waals surface area contributed by atoms with E-state index < -0.39 is 7.94 Å². The van der Waals surface area contributed by atoms with Crippen LogP contribution in [0.15, 0.2) is 18.7 Å². The molecule has 0 fully saturated rings. The summed E-state index contributed by atoms with van der Waals surface area (Å²) in [5.74, 6) is 0. The van der Waals surface area contributed by atoms with Gasteiger partial charge in [0.25, 0.3) is 0 Å². The summed E-state index contributed by atoms with van der Waals surface area (Å²) in [6.07, 6.45) is 12.5. The van der Waals surface area contributed by atoms with E-state index in [4.69, 9.17) is 13.7 Å². The van der Waals surface area contributed by atoms with E-state index in [2.05, 4.69) is 25.8 Å². The minimum absolute atomic E-state index is 0.702. The van der Waals surface area contributed by atoms with Gasteiger partial charge in [-0.2, -0.15) is 0 Å². The zero-order chi connectivity index (χ0) is 15.4. The Morgan fingerprint density at radius 1 is 0.952 bits per heavy atom. The van der Waals surface area contributed by atoms with Crippen molar-refractivity contribution in [2.45, 2.75) is 59.3 Å². The molecule has 0 bridgehead atoms. The third kappa shape index (κ3) is 7.25. The summed E-state index contributed by atoms with van der Waals surface area (Å²) in [5.41, 5.74) is 0. The standard InChI is InChI=1S/C15H31N2O3P/c1-4-7-12-18-21(14-9-6-3,19-13-8-5-2)20-17-11-10-16-15-17/h10-11,15,21H,4-9,12-14H2,1-3H3. The van der Waals surface area contributed by atoms with E-state index in [1.165, 1.54) is 0 Å². The van der Waals surface area contributed by atoms with E-state index in [0.717, 1.165) is 44.7 Å². The molecule has 1 aromatic heterocycles. The second-order valence-electron chi connectivity index (χ2n) is 5.20. The Morgan fingerprint density at radius 2 is 1.57 bits per heavy atom. The van der Waals surface area contributed by atoms with Crippen LogP contribution < -0.4 is 4.62 Å². The van der Waals surface area contributed by atoms with Crippen LogP contribution in [0.4, 0.5) is 0 Å². The number of unbranched alkanes of at least 4 members (excludes halogenated alkanes) is 3. The molecule has 6 heteroatoms. The Hall–Kier alpha value is -0.640. The summed E-state index contributed by atoms with van der Waals surface area (Å²) in [6.45, 7) is 7.90. The van der Waals surface area contributed by atoms with Crippen molar-refractivity contribution in [2.75, 3.05) is 19.4 Å². The SMILES string of the molecule is CCCCO[PH](CCCC)(OCCCC)On1ccnc1. The molecule has 0 amide bonds. The first kappa shape index (κ1) is 18.4. The molecule has 0 aliphatic carbocycles. The zero-order valence-electron chi connectivity index (χ0n) is 13.7.